The maximum atomic E-state index is 12.3. The third kappa shape index (κ3) is 3.19. The van der Waals surface area contributed by atoms with Gasteiger partial charge in [-0.15, -0.1) is 21.5 Å². The van der Waals surface area contributed by atoms with Crippen LogP contribution in [0.3, 0.4) is 0 Å². The van der Waals surface area contributed by atoms with Gasteiger partial charge in [0.1, 0.15) is 0 Å². The van der Waals surface area contributed by atoms with Gasteiger partial charge in [0, 0.05) is 16.6 Å². The molecule has 4 aromatic rings. The van der Waals surface area contributed by atoms with Crippen molar-refractivity contribution in [2.24, 2.45) is 10.2 Å². The minimum absolute atomic E-state index is 0.235. The van der Waals surface area contributed by atoms with Crippen molar-refractivity contribution in [3.05, 3.63) is 101 Å². The fraction of sp³-hybridized carbons (Fsp3) is 0. The van der Waals surface area contributed by atoms with Gasteiger partial charge in [0.15, 0.2) is 5.71 Å². The molecule has 1 N–H and O–H groups in total. The molecule has 0 saturated heterocycles. The zero-order chi connectivity index (χ0) is 19.6. The first kappa shape index (κ1) is 17.3. The van der Waals surface area contributed by atoms with Gasteiger partial charge in [0.25, 0.3) is 5.91 Å². The van der Waals surface area contributed by atoms with Crippen molar-refractivity contribution in [2.75, 3.05) is 5.32 Å². The molecule has 5 rings (SSSR count). The van der Waals surface area contributed by atoms with Gasteiger partial charge in [-0.05, 0) is 23.8 Å². The Bertz CT molecular complexity index is 1290. The van der Waals surface area contributed by atoms with E-state index in [2.05, 4.69) is 37.6 Å². The van der Waals surface area contributed by atoms with Crippen LogP contribution in [-0.4, -0.2) is 16.2 Å². The Hall–Kier alpha value is -3.77. The smallest absolute Gasteiger partial charge is 0.276 e. The number of thiazole rings is 1. The molecule has 5 nitrogen and oxygen atoms in total. The molecule has 0 saturated carbocycles. The van der Waals surface area contributed by atoms with Crippen LogP contribution in [0, 0.1) is 0 Å². The summed E-state index contributed by atoms with van der Waals surface area (Å²) in [7, 11) is 0. The van der Waals surface area contributed by atoms with Crippen molar-refractivity contribution in [1.82, 2.24) is 4.57 Å². The summed E-state index contributed by atoms with van der Waals surface area (Å²) in [4.78, 5) is 13.0. The summed E-state index contributed by atoms with van der Waals surface area (Å²) in [5.41, 5.74) is 4.96. The van der Waals surface area contributed by atoms with Crippen LogP contribution in [0.15, 0.2) is 101 Å². The Kier molecular flexibility index (Phi) is 4.38. The number of carbonyl (C=O) groups is 1. The topological polar surface area (TPSA) is 58.8 Å². The van der Waals surface area contributed by atoms with Gasteiger partial charge in [-0.2, -0.15) is 0 Å². The minimum Gasteiger partial charge on any atom is -0.320 e. The Morgan fingerprint density at radius 2 is 1.48 bits per heavy atom. The van der Waals surface area contributed by atoms with Gasteiger partial charge >= 0.3 is 0 Å². The average molecular weight is 396 g/mol. The van der Waals surface area contributed by atoms with Gasteiger partial charge < -0.3 is 5.32 Å². The highest BCUT2D eigenvalue weighted by atomic mass is 32.1. The van der Waals surface area contributed by atoms with E-state index in [1.165, 1.54) is 11.3 Å². The Morgan fingerprint density at radius 3 is 2.28 bits per heavy atom. The normalized spacial score (nSPS) is 14.8. The first-order chi connectivity index (χ1) is 14.3. The van der Waals surface area contributed by atoms with Crippen molar-refractivity contribution in [1.29, 1.82) is 0 Å². The lowest BCUT2D eigenvalue weighted by Crippen LogP contribution is -2.16. The Balaban J connectivity index is 1.69. The van der Waals surface area contributed by atoms with E-state index in [1.54, 1.807) is 0 Å². The van der Waals surface area contributed by atoms with Crippen LogP contribution in [-0.2, 0) is 4.79 Å². The summed E-state index contributed by atoms with van der Waals surface area (Å²) in [6, 6.07) is 27.7. The van der Waals surface area contributed by atoms with Crippen molar-refractivity contribution < 1.29 is 4.79 Å². The van der Waals surface area contributed by atoms with E-state index in [9.17, 15) is 4.79 Å². The van der Waals surface area contributed by atoms with Gasteiger partial charge in [-0.1, -0.05) is 66.7 Å². The predicted octanol–water partition coefficient (Wildman–Crippen LogP) is 4.46. The second-order valence-electron chi connectivity index (χ2n) is 6.49. The number of benzene rings is 3. The number of rotatable bonds is 3. The molecule has 2 heterocycles. The van der Waals surface area contributed by atoms with E-state index in [1.807, 2.05) is 72.8 Å². The zero-order valence-corrected chi connectivity index (χ0v) is 16.1. The first-order valence-corrected chi connectivity index (χ1v) is 10.0. The van der Waals surface area contributed by atoms with Crippen molar-refractivity contribution in [3.63, 3.8) is 0 Å². The van der Waals surface area contributed by atoms with Gasteiger partial charge in [0.05, 0.1) is 11.4 Å². The maximum absolute atomic E-state index is 12.3. The molecule has 0 atom stereocenters. The molecule has 140 valence electrons. The van der Waals surface area contributed by atoms with Crippen LogP contribution < -0.4 is 10.1 Å². The van der Waals surface area contributed by atoms with Gasteiger partial charge in [0.2, 0.25) is 4.80 Å². The number of hydrogen-bond donors (Lipinski definition) is 1. The van der Waals surface area contributed by atoms with Crippen LogP contribution >= 0.6 is 11.3 Å². The van der Waals surface area contributed by atoms with E-state index in [4.69, 9.17) is 0 Å². The van der Waals surface area contributed by atoms with E-state index in [0.717, 1.165) is 28.2 Å². The zero-order valence-electron chi connectivity index (χ0n) is 15.3. The van der Waals surface area contributed by atoms with Crippen molar-refractivity contribution in [2.45, 2.75) is 0 Å². The molecule has 3 aromatic carbocycles. The molecule has 29 heavy (non-hydrogen) atoms. The number of nitrogens with zero attached hydrogens (tertiary/aromatic N) is 3. The van der Waals surface area contributed by atoms with E-state index >= 15 is 0 Å². The van der Waals surface area contributed by atoms with Crippen LogP contribution in [0.2, 0.25) is 0 Å². The number of aromatic nitrogens is 1. The lowest BCUT2D eigenvalue weighted by atomic mass is 10.1. The Labute approximate surface area is 171 Å². The molecular weight excluding hydrogens is 380 g/mol. The number of carbonyl (C=O) groups excluding carboxylic acids is 1. The number of fused-ring (bicyclic) bond motifs is 1. The SMILES string of the molecule is O=C1Nc2ccccc2C1=NN=c1scc(-c2ccccc2)n1-c1ccccc1. The van der Waals surface area contributed by atoms with Crippen LogP contribution in [0.1, 0.15) is 5.56 Å². The van der Waals surface area contributed by atoms with E-state index < -0.39 is 0 Å². The highest BCUT2D eigenvalue weighted by Gasteiger charge is 2.25. The number of nitrogens with one attached hydrogen (secondary N) is 1. The molecule has 1 aromatic heterocycles. The third-order valence-electron chi connectivity index (χ3n) is 4.67. The summed E-state index contributed by atoms with van der Waals surface area (Å²) in [5.74, 6) is -0.235. The Morgan fingerprint density at radius 1 is 0.793 bits per heavy atom. The fourth-order valence-corrected chi connectivity index (χ4v) is 4.17. The number of amides is 1. The van der Waals surface area contributed by atoms with Crippen LogP contribution in [0.5, 0.6) is 0 Å². The second-order valence-corrected chi connectivity index (χ2v) is 7.33. The largest absolute Gasteiger partial charge is 0.320 e. The lowest BCUT2D eigenvalue weighted by molar-refractivity contribution is -0.110. The number of para-hydroxylation sites is 2. The third-order valence-corrected chi connectivity index (χ3v) is 5.49. The molecule has 0 unspecified atom stereocenters. The molecule has 0 bridgehead atoms. The summed E-state index contributed by atoms with van der Waals surface area (Å²) in [5, 5.41) is 13.7. The van der Waals surface area contributed by atoms with Gasteiger partial charge in [-0.25, -0.2) is 0 Å². The predicted molar refractivity (Wildman–Crippen MR) is 116 cm³/mol. The van der Waals surface area contributed by atoms with Crippen LogP contribution in [0.25, 0.3) is 16.9 Å². The summed E-state index contributed by atoms with van der Waals surface area (Å²) >= 11 is 1.49. The summed E-state index contributed by atoms with van der Waals surface area (Å²) in [6.07, 6.45) is 0. The number of hydrogen-bond acceptors (Lipinski definition) is 4. The van der Waals surface area contributed by atoms with Crippen molar-refractivity contribution in [3.8, 4) is 16.9 Å². The summed E-state index contributed by atoms with van der Waals surface area (Å²) in [6.45, 7) is 0. The van der Waals surface area contributed by atoms with Gasteiger partial charge in [-0.3, -0.25) is 9.36 Å². The maximum Gasteiger partial charge on any atom is 0.276 e. The fourth-order valence-electron chi connectivity index (χ4n) is 3.31. The monoisotopic (exact) mass is 396 g/mol. The average Bonchev–Trinajstić information content (AvgIpc) is 3.34. The quantitative estimate of drug-likeness (QED) is 0.511. The summed E-state index contributed by atoms with van der Waals surface area (Å²) < 4.78 is 2.06. The number of anilines is 1. The second kappa shape index (κ2) is 7.33. The highest BCUT2D eigenvalue weighted by Crippen LogP contribution is 2.24. The van der Waals surface area contributed by atoms with Crippen molar-refractivity contribution >= 4 is 28.6 Å². The van der Waals surface area contributed by atoms with E-state index in [-0.39, 0.29) is 5.91 Å². The minimum atomic E-state index is -0.235. The molecule has 0 aliphatic carbocycles. The molecule has 6 heteroatoms. The van der Waals surface area contributed by atoms with Crippen LogP contribution in [0.4, 0.5) is 5.69 Å². The molecule has 0 fully saturated rings. The molecule has 1 amide bonds. The molecule has 1 aliphatic rings. The first-order valence-electron chi connectivity index (χ1n) is 9.15. The molecule has 0 spiro atoms. The molecular formula is C23H16N4OS. The standard InChI is InChI=1S/C23H16N4OS/c28-22-21(18-13-7-8-14-19(18)24-22)25-26-23-27(17-11-5-2-6-12-17)20(15-29-23)16-9-3-1-4-10-16/h1-15H,(H,24,25,28). The highest BCUT2D eigenvalue weighted by molar-refractivity contribution is 7.07. The van der Waals surface area contributed by atoms with E-state index in [0.29, 0.717) is 10.5 Å². The lowest BCUT2D eigenvalue weighted by Gasteiger charge is -2.08. The molecule has 0 radical (unpaired) electrons. The molecule has 1 aliphatic heterocycles.